The van der Waals surface area contributed by atoms with Gasteiger partial charge in [0.2, 0.25) is 5.95 Å². The fourth-order valence-electron chi connectivity index (χ4n) is 0.0820. The summed E-state index contributed by atoms with van der Waals surface area (Å²) in [6, 6.07) is 0. The van der Waals surface area contributed by atoms with Crippen LogP contribution in [0, 0.1) is 0 Å². The minimum Gasteiger partial charge on any atom is -0.185 e. The molecule has 6 heteroatoms. The van der Waals surface area contributed by atoms with E-state index in [1.54, 1.807) is 0 Å². The normalized spacial score (nSPS) is 9.62. The van der Waals surface area contributed by atoms with Crippen molar-refractivity contribution in [1.29, 1.82) is 0 Å². The SMILES string of the molecule is C=C(F)N(F)P(F)F. The molecule has 0 saturated carbocycles. The van der Waals surface area contributed by atoms with Crippen molar-refractivity contribution in [3.63, 3.8) is 0 Å². The van der Waals surface area contributed by atoms with Gasteiger partial charge >= 0.3 is 8.69 Å². The first-order valence-corrected chi connectivity index (χ1v) is 2.55. The third-order valence-corrected chi connectivity index (χ3v) is 0.815. The first kappa shape index (κ1) is 7.69. The monoisotopic (exact) mass is 147 g/mol. The number of hydrogen-bond acceptors (Lipinski definition) is 1. The molecule has 0 aliphatic heterocycles. The van der Waals surface area contributed by atoms with Crippen LogP contribution in [0.25, 0.3) is 0 Å². The van der Waals surface area contributed by atoms with Crippen molar-refractivity contribution < 1.29 is 17.3 Å². The van der Waals surface area contributed by atoms with E-state index < -0.39 is 19.5 Å². The molecule has 0 aromatic carbocycles. The van der Waals surface area contributed by atoms with Crippen LogP contribution in [0.4, 0.5) is 17.3 Å². The fourth-order valence-corrected chi connectivity index (χ4v) is 0.246. The molecular weight excluding hydrogens is 145 g/mol. The molecule has 0 atom stereocenters. The zero-order valence-electron chi connectivity index (χ0n) is 3.61. The molecule has 0 heterocycles. The van der Waals surface area contributed by atoms with Gasteiger partial charge in [-0.05, 0) is 6.58 Å². The Balaban J connectivity index is 3.64. The van der Waals surface area contributed by atoms with Crippen LogP contribution in [-0.2, 0) is 0 Å². The Hall–Kier alpha value is -0.310. The summed E-state index contributed by atoms with van der Waals surface area (Å²) >= 11 is 0. The molecule has 0 fully saturated rings. The van der Waals surface area contributed by atoms with Gasteiger partial charge in [-0.15, -0.1) is 4.89 Å². The first-order chi connectivity index (χ1) is 3.55. The number of halogens is 4. The number of nitrogens with zero attached hydrogens (tertiary/aromatic N) is 1. The van der Waals surface area contributed by atoms with Gasteiger partial charge in [0.25, 0.3) is 0 Å². The van der Waals surface area contributed by atoms with Gasteiger partial charge in [0, 0.05) is 0 Å². The highest BCUT2D eigenvalue weighted by Gasteiger charge is 2.18. The zero-order chi connectivity index (χ0) is 6.73. The van der Waals surface area contributed by atoms with E-state index >= 15 is 0 Å². The predicted molar refractivity (Wildman–Crippen MR) is 22.3 cm³/mol. The maximum atomic E-state index is 11.3. The van der Waals surface area contributed by atoms with Gasteiger partial charge in [0.05, 0.1) is 0 Å². The fraction of sp³-hybridized carbons (Fsp3) is 0. The van der Waals surface area contributed by atoms with Gasteiger partial charge < -0.3 is 0 Å². The summed E-state index contributed by atoms with van der Waals surface area (Å²) in [7, 11) is -4.01. The van der Waals surface area contributed by atoms with E-state index in [4.69, 9.17) is 0 Å². The van der Waals surface area contributed by atoms with E-state index in [2.05, 4.69) is 6.58 Å². The minimum absolute atomic E-state index is 1.30. The van der Waals surface area contributed by atoms with Crippen molar-refractivity contribution in [1.82, 2.24) is 4.89 Å². The Kier molecular flexibility index (Phi) is 2.76. The quantitative estimate of drug-likeness (QED) is 0.251. The lowest BCUT2D eigenvalue weighted by molar-refractivity contribution is 0.140. The molecule has 0 aromatic heterocycles. The summed E-state index contributed by atoms with van der Waals surface area (Å²) in [5.74, 6) is -1.76. The molecule has 48 valence electrons. The third kappa shape index (κ3) is 2.12. The van der Waals surface area contributed by atoms with E-state index in [1.165, 1.54) is 0 Å². The van der Waals surface area contributed by atoms with E-state index in [-0.39, 0.29) is 0 Å². The summed E-state index contributed by atoms with van der Waals surface area (Å²) in [6.45, 7) is 2.30. The van der Waals surface area contributed by atoms with E-state index in [9.17, 15) is 17.3 Å². The highest BCUT2D eigenvalue weighted by molar-refractivity contribution is 7.43. The zero-order valence-corrected chi connectivity index (χ0v) is 4.51. The molecule has 0 N–H and O–H groups in total. The smallest absolute Gasteiger partial charge is 0.185 e. The third-order valence-electron chi connectivity index (χ3n) is 0.333. The molecule has 0 aliphatic carbocycles. The van der Waals surface area contributed by atoms with E-state index in [0.717, 1.165) is 0 Å². The van der Waals surface area contributed by atoms with Gasteiger partial charge in [0.15, 0.2) is 0 Å². The molecule has 0 aromatic rings. The van der Waals surface area contributed by atoms with Crippen LogP contribution in [0.1, 0.15) is 0 Å². The van der Waals surface area contributed by atoms with Crippen molar-refractivity contribution in [2.24, 2.45) is 0 Å². The van der Waals surface area contributed by atoms with Crippen LogP contribution in [0.2, 0.25) is 0 Å². The predicted octanol–water partition coefficient (Wildman–Crippen LogP) is 2.78. The summed E-state index contributed by atoms with van der Waals surface area (Å²) in [5.41, 5.74) is 0. The van der Waals surface area contributed by atoms with Gasteiger partial charge in [-0.25, -0.2) is 0 Å². The highest BCUT2D eigenvalue weighted by atomic mass is 31.2. The van der Waals surface area contributed by atoms with Crippen LogP contribution < -0.4 is 0 Å². The summed E-state index contributed by atoms with van der Waals surface area (Å²) in [4.78, 5) is -1.30. The van der Waals surface area contributed by atoms with Crippen molar-refractivity contribution in [3.05, 3.63) is 12.5 Å². The Morgan fingerprint density at radius 2 is 1.88 bits per heavy atom. The first-order valence-electron chi connectivity index (χ1n) is 1.47. The largest absolute Gasteiger partial charge is 0.404 e. The molecule has 0 rings (SSSR count). The van der Waals surface area contributed by atoms with Crippen LogP contribution in [0.3, 0.4) is 0 Å². The minimum atomic E-state index is -4.01. The number of rotatable bonds is 2. The molecule has 0 aliphatic rings. The van der Waals surface area contributed by atoms with Crippen molar-refractivity contribution in [2.45, 2.75) is 0 Å². The maximum absolute atomic E-state index is 11.3. The van der Waals surface area contributed by atoms with Crippen LogP contribution in [-0.4, -0.2) is 4.89 Å². The molecule has 0 radical (unpaired) electrons. The molecule has 0 amide bonds. The molecule has 1 nitrogen and oxygen atoms in total. The summed E-state index contributed by atoms with van der Waals surface area (Å²) in [6.07, 6.45) is 0. The summed E-state index contributed by atoms with van der Waals surface area (Å²) in [5, 5.41) is 0. The molecule has 0 unspecified atom stereocenters. The second kappa shape index (κ2) is 2.87. The standard InChI is InChI=1S/C2H2F4NP/c1-2(3)7(4)8(5)6/h1H2. The second-order valence-electron chi connectivity index (χ2n) is 0.851. The molecule has 8 heavy (non-hydrogen) atoms. The molecule has 0 spiro atoms. The van der Waals surface area contributed by atoms with Crippen molar-refractivity contribution in [3.8, 4) is 0 Å². The van der Waals surface area contributed by atoms with Gasteiger partial charge in [-0.2, -0.15) is 12.8 Å². The average molecular weight is 147 g/mol. The van der Waals surface area contributed by atoms with E-state index in [0.29, 0.717) is 0 Å². The Morgan fingerprint density at radius 3 is 1.88 bits per heavy atom. The van der Waals surface area contributed by atoms with Crippen LogP contribution in [0.5, 0.6) is 0 Å². The maximum Gasteiger partial charge on any atom is 0.404 e. The lowest BCUT2D eigenvalue weighted by Crippen LogP contribution is -1.94. The topological polar surface area (TPSA) is 3.24 Å². The van der Waals surface area contributed by atoms with E-state index in [1.807, 2.05) is 0 Å². The van der Waals surface area contributed by atoms with Crippen molar-refractivity contribution >= 4 is 8.69 Å². The summed E-state index contributed by atoms with van der Waals surface area (Å²) < 4.78 is 44.5. The van der Waals surface area contributed by atoms with Crippen LogP contribution in [0.15, 0.2) is 12.5 Å². The Bertz CT molecular complexity index is 94.0. The molecule has 0 saturated heterocycles. The highest BCUT2D eigenvalue weighted by Crippen LogP contribution is 2.46. The second-order valence-corrected chi connectivity index (χ2v) is 1.63. The lowest BCUT2D eigenvalue weighted by atomic mass is 11.0. The van der Waals surface area contributed by atoms with Crippen LogP contribution >= 0.6 is 8.69 Å². The van der Waals surface area contributed by atoms with Gasteiger partial charge in [-0.1, -0.05) is 4.48 Å². The average Bonchev–Trinajstić information content (AvgIpc) is 1.64. The Morgan fingerprint density at radius 1 is 1.50 bits per heavy atom. The Labute approximate surface area is 44.6 Å². The molecule has 0 bridgehead atoms. The van der Waals surface area contributed by atoms with Gasteiger partial charge in [0.1, 0.15) is 0 Å². The number of hydrogen-bond donors (Lipinski definition) is 0. The lowest BCUT2D eigenvalue weighted by Gasteiger charge is -2.03. The molecular formula is C2H2F4NP. The van der Waals surface area contributed by atoms with Gasteiger partial charge in [-0.3, -0.25) is 0 Å². The van der Waals surface area contributed by atoms with Crippen molar-refractivity contribution in [2.75, 3.05) is 0 Å².